The molecule has 0 aliphatic carbocycles. The smallest absolute Gasteiger partial charge is 0.176 e. The molecule has 176 valence electrons. The molecule has 0 spiro atoms. The predicted octanol–water partition coefficient (Wildman–Crippen LogP) is 6.87. The van der Waals surface area contributed by atoms with Crippen LogP contribution in [0.1, 0.15) is 28.2 Å². The van der Waals surface area contributed by atoms with E-state index in [1.54, 1.807) is 6.07 Å². The molecule has 2 aromatic carbocycles. The Balaban J connectivity index is 1.44. The summed E-state index contributed by atoms with van der Waals surface area (Å²) in [5.74, 6) is 0.653. The third kappa shape index (κ3) is 5.55. The Morgan fingerprint density at radius 1 is 0.853 bits per heavy atom. The summed E-state index contributed by atoms with van der Waals surface area (Å²) in [4.78, 5) is 0. The van der Waals surface area contributed by atoms with Crippen molar-refractivity contribution in [2.24, 2.45) is 0 Å². The topological polar surface area (TPSA) is 59.7 Å². The molecule has 0 amide bonds. The molecule has 0 aliphatic rings. The average molecular weight is 534 g/mol. The van der Waals surface area contributed by atoms with Crippen LogP contribution in [0, 0.1) is 20.8 Å². The lowest BCUT2D eigenvalue weighted by Gasteiger charge is -2.10. The number of hydrogen-bond donors (Lipinski definition) is 2. The van der Waals surface area contributed by atoms with E-state index in [-0.39, 0.29) is 0 Å². The van der Waals surface area contributed by atoms with Crippen molar-refractivity contribution in [3.8, 4) is 0 Å². The summed E-state index contributed by atoms with van der Waals surface area (Å²) in [5.41, 5.74) is 5.64. The van der Waals surface area contributed by atoms with E-state index in [1.165, 1.54) is 0 Å². The van der Waals surface area contributed by atoms with Gasteiger partial charge < -0.3 is 10.6 Å². The van der Waals surface area contributed by atoms with E-state index < -0.39 is 0 Å². The van der Waals surface area contributed by atoms with Gasteiger partial charge in [0.25, 0.3) is 0 Å². The number of anilines is 2. The Morgan fingerprint density at radius 2 is 1.62 bits per heavy atom. The summed E-state index contributed by atoms with van der Waals surface area (Å²) in [6, 6.07) is 15.3. The lowest BCUT2D eigenvalue weighted by molar-refractivity contribution is 0.659. The van der Waals surface area contributed by atoms with Crippen LogP contribution < -0.4 is 10.6 Å². The Labute approximate surface area is 218 Å². The Hall–Kier alpha value is -2.58. The zero-order valence-corrected chi connectivity index (χ0v) is 21.9. The number of nitrogens with zero attached hydrogens (tertiary/aromatic N) is 4. The van der Waals surface area contributed by atoms with Gasteiger partial charge in [-0.15, -0.1) is 0 Å². The molecule has 0 saturated heterocycles. The van der Waals surface area contributed by atoms with Crippen LogP contribution in [0.3, 0.4) is 0 Å². The highest BCUT2D eigenvalue weighted by atomic mass is 35.5. The first-order chi connectivity index (χ1) is 16.2. The van der Waals surface area contributed by atoms with Crippen LogP contribution in [0.25, 0.3) is 0 Å². The lowest BCUT2D eigenvalue weighted by Crippen LogP contribution is -2.20. The van der Waals surface area contributed by atoms with Crippen molar-refractivity contribution in [1.82, 2.24) is 19.6 Å². The van der Waals surface area contributed by atoms with Gasteiger partial charge in [-0.2, -0.15) is 10.2 Å². The van der Waals surface area contributed by atoms with Gasteiger partial charge in [0, 0.05) is 16.8 Å². The van der Waals surface area contributed by atoms with Crippen molar-refractivity contribution < 1.29 is 0 Å². The fraction of sp³-hybridized carbons (Fsp3) is 0.208. The van der Waals surface area contributed by atoms with E-state index in [0.29, 0.717) is 39.1 Å². The maximum Gasteiger partial charge on any atom is 0.176 e. The van der Waals surface area contributed by atoms with Crippen LogP contribution in [-0.2, 0) is 13.1 Å². The van der Waals surface area contributed by atoms with Gasteiger partial charge in [0.15, 0.2) is 10.9 Å². The number of benzene rings is 2. The second kappa shape index (κ2) is 10.4. The maximum atomic E-state index is 6.30. The van der Waals surface area contributed by atoms with Gasteiger partial charge in [0.1, 0.15) is 0 Å². The second-order valence-electron chi connectivity index (χ2n) is 7.95. The van der Waals surface area contributed by atoms with Crippen LogP contribution in [0.4, 0.5) is 11.5 Å². The Morgan fingerprint density at radius 3 is 2.35 bits per heavy atom. The zero-order chi connectivity index (χ0) is 24.4. The molecule has 34 heavy (non-hydrogen) atoms. The average Bonchev–Trinajstić information content (AvgIpc) is 3.25. The predicted molar refractivity (Wildman–Crippen MR) is 145 cm³/mol. The third-order valence-corrected chi connectivity index (χ3v) is 6.75. The molecule has 2 N–H and O–H groups in total. The number of nitrogens with one attached hydrogen (secondary N) is 2. The summed E-state index contributed by atoms with van der Waals surface area (Å²) < 4.78 is 3.79. The van der Waals surface area contributed by atoms with Crippen molar-refractivity contribution in [2.75, 3.05) is 10.6 Å². The summed E-state index contributed by atoms with van der Waals surface area (Å²) in [6.07, 6.45) is 0. The number of halogens is 3. The number of hydrogen-bond acceptors (Lipinski definition) is 3. The van der Waals surface area contributed by atoms with Gasteiger partial charge in [-0.25, -0.2) is 0 Å². The molecule has 6 nitrogen and oxygen atoms in total. The Bertz CT molecular complexity index is 1360. The van der Waals surface area contributed by atoms with E-state index >= 15 is 0 Å². The second-order valence-corrected chi connectivity index (χ2v) is 9.58. The molecule has 10 heteroatoms. The minimum Gasteiger partial charge on any atom is -0.329 e. The highest BCUT2D eigenvalue weighted by Crippen LogP contribution is 2.25. The van der Waals surface area contributed by atoms with Crippen LogP contribution in [0.2, 0.25) is 15.1 Å². The SMILES string of the molecule is Cc1nn(Cc2ccc(Cl)c(Cl)c2)c(C)c1NC(=S)Nc1cc(C)n(Cc2ccccc2Cl)n1. The highest BCUT2D eigenvalue weighted by Gasteiger charge is 2.15. The summed E-state index contributed by atoms with van der Waals surface area (Å²) in [7, 11) is 0. The summed E-state index contributed by atoms with van der Waals surface area (Å²) >= 11 is 24.0. The largest absolute Gasteiger partial charge is 0.329 e. The van der Waals surface area contributed by atoms with Crippen molar-refractivity contribution in [2.45, 2.75) is 33.9 Å². The van der Waals surface area contributed by atoms with Gasteiger partial charge in [-0.05, 0) is 62.3 Å². The first kappa shape index (κ1) is 24.5. The molecule has 4 aromatic rings. The molecule has 0 aliphatic heterocycles. The highest BCUT2D eigenvalue weighted by molar-refractivity contribution is 7.80. The number of aryl methyl sites for hydroxylation is 2. The van der Waals surface area contributed by atoms with Crippen molar-refractivity contribution in [3.63, 3.8) is 0 Å². The van der Waals surface area contributed by atoms with Crippen LogP contribution >= 0.6 is 47.0 Å². The molecular weight excluding hydrogens is 511 g/mol. The van der Waals surface area contributed by atoms with E-state index in [9.17, 15) is 0 Å². The van der Waals surface area contributed by atoms with Gasteiger partial charge in [-0.3, -0.25) is 9.36 Å². The summed E-state index contributed by atoms with van der Waals surface area (Å²) in [5, 5.41) is 17.9. The molecular formula is C24H23Cl3N6S. The Kier molecular flexibility index (Phi) is 7.48. The summed E-state index contributed by atoms with van der Waals surface area (Å²) in [6.45, 7) is 7.06. The van der Waals surface area contributed by atoms with Crippen LogP contribution in [-0.4, -0.2) is 24.7 Å². The van der Waals surface area contributed by atoms with Crippen LogP contribution in [0.5, 0.6) is 0 Å². The van der Waals surface area contributed by atoms with Gasteiger partial charge in [-0.1, -0.05) is 59.1 Å². The lowest BCUT2D eigenvalue weighted by atomic mass is 10.2. The van der Waals surface area contributed by atoms with E-state index in [1.807, 2.05) is 72.6 Å². The molecule has 0 saturated carbocycles. The van der Waals surface area contributed by atoms with Crippen molar-refractivity contribution in [1.29, 1.82) is 0 Å². The monoisotopic (exact) mass is 532 g/mol. The third-order valence-electron chi connectivity index (χ3n) is 5.44. The molecule has 0 fully saturated rings. The standard InChI is InChI=1S/C24H23Cl3N6S/c1-14-10-22(31-32(14)13-18-6-4-5-7-19(18)25)28-24(34)29-23-15(2)30-33(16(23)3)12-17-8-9-20(26)21(27)11-17/h4-11H,12-13H2,1-3H3,(H2,28,29,31,34). The number of rotatable bonds is 6. The van der Waals surface area contributed by atoms with Crippen LogP contribution in [0.15, 0.2) is 48.5 Å². The van der Waals surface area contributed by atoms with Crippen molar-refractivity contribution >= 4 is 63.6 Å². The molecule has 0 radical (unpaired) electrons. The van der Waals surface area contributed by atoms with Crippen molar-refractivity contribution in [3.05, 3.63) is 91.8 Å². The maximum absolute atomic E-state index is 6.30. The fourth-order valence-corrected chi connectivity index (χ4v) is 4.35. The molecule has 2 aromatic heterocycles. The minimum atomic E-state index is 0.433. The quantitative estimate of drug-likeness (QED) is 0.265. The normalized spacial score (nSPS) is 11.0. The molecule has 4 rings (SSSR count). The van der Waals surface area contributed by atoms with Gasteiger partial charge >= 0.3 is 0 Å². The van der Waals surface area contributed by atoms with E-state index in [0.717, 1.165) is 33.9 Å². The molecule has 0 atom stereocenters. The van der Waals surface area contributed by atoms with Gasteiger partial charge in [0.2, 0.25) is 0 Å². The molecule has 0 unspecified atom stereocenters. The number of aromatic nitrogens is 4. The first-order valence-corrected chi connectivity index (χ1v) is 12.1. The molecule has 2 heterocycles. The minimum absolute atomic E-state index is 0.433. The van der Waals surface area contributed by atoms with E-state index in [4.69, 9.17) is 47.0 Å². The zero-order valence-electron chi connectivity index (χ0n) is 18.9. The number of thiocarbonyl (C=S) groups is 1. The first-order valence-electron chi connectivity index (χ1n) is 10.5. The van der Waals surface area contributed by atoms with Gasteiger partial charge in [0.05, 0.1) is 40.2 Å². The molecule has 0 bridgehead atoms. The van der Waals surface area contributed by atoms with E-state index in [2.05, 4.69) is 20.8 Å². The fourth-order valence-electron chi connectivity index (χ4n) is 3.62.